The Kier molecular flexibility index (Phi) is 8.99. The summed E-state index contributed by atoms with van der Waals surface area (Å²) in [5, 5.41) is 17.5. The van der Waals surface area contributed by atoms with Crippen LogP contribution in [0.5, 0.6) is 0 Å². The predicted octanol–water partition coefficient (Wildman–Crippen LogP) is 0.0731. The number of ketones is 1. The lowest BCUT2D eigenvalue weighted by Crippen LogP contribution is -2.30. The van der Waals surface area contributed by atoms with Crippen LogP contribution in [0.2, 0.25) is 0 Å². The molecule has 0 fully saturated rings. The van der Waals surface area contributed by atoms with E-state index in [1.54, 1.807) is 0 Å². The molecule has 2 atom stereocenters. The maximum Gasteiger partial charge on any atom is 0.171 e. The summed E-state index contributed by atoms with van der Waals surface area (Å²) in [5.41, 5.74) is 0. The van der Waals surface area contributed by atoms with Gasteiger partial charge in [-0.1, -0.05) is 19.8 Å². The van der Waals surface area contributed by atoms with E-state index in [-0.39, 0.29) is 12.4 Å². The summed E-state index contributed by atoms with van der Waals surface area (Å²) >= 11 is 0. The first-order valence-electron chi connectivity index (χ1n) is 5.54. The number of ether oxygens (including phenoxy) is 1. The number of unbranched alkanes of at least 4 members (excludes halogenated alkanes) is 2. The van der Waals surface area contributed by atoms with Gasteiger partial charge in [0, 0.05) is 6.42 Å². The molecule has 0 radical (unpaired) electrons. The van der Waals surface area contributed by atoms with Crippen LogP contribution >= 0.6 is 0 Å². The van der Waals surface area contributed by atoms with Crippen LogP contribution in [-0.2, 0) is 14.3 Å². The molecule has 0 aromatic rings. The fourth-order valence-corrected chi connectivity index (χ4v) is 1.17. The van der Waals surface area contributed by atoms with Crippen molar-refractivity contribution in [2.24, 2.45) is 0 Å². The zero-order chi connectivity index (χ0) is 12.4. The van der Waals surface area contributed by atoms with E-state index in [9.17, 15) is 9.59 Å². The Hall–Kier alpha value is -0.780. The van der Waals surface area contributed by atoms with E-state index in [2.05, 4.69) is 0 Å². The van der Waals surface area contributed by atoms with E-state index < -0.39 is 18.8 Å². The van der Waals surface area contributed by atoms with Crippen LogP contribution in [-0.4, -0.2) is 47.7 Å². The Morgan fingerprint density at radius 2 is 2.12 bits per heavy atom. The van der Waals surface area contributed by atoms with Gasteiger partial charge in [0.05, 0.1) is 13.2 Å². The second-order valence-corrected chi connectivity index (χ2v) is 3.65. The zero-order valence-electron chi connectivity index (χ0n) is 9.59. The summed E-state index contributed by atoms with van der Waals surface area (Å²) < 4.78 is 4.91. The number of Topliss-reactive ketones (excluding diaryl/α,β-unsaturated/α-hetero) is 1. The first-order chi connectivity index (χ1) is 7.65. The quantitative estimate of drug-likeness (QED) is 0.316. The molecular formula is C11H20O5. The predicted molar refractivity (Wildman–Crippen MR) is 58.0 cm³/mol. The molecule has 94 valence electrons. The Morgan fingerprint density at radius 3 is 2.62 bits per heavy atom. The van der Waals surface area contributed by atoms with E-state index in [0.717, 1.165) is 19.3 Å². The summed E-state index contributed by atoms with van der Waals surface area (Å²) in [6.45, 7) is 1.37. The number of aliphatic hydroxyl groups excluding tert-OH is 2. The molecule has 0 aliphatic carbocycles. The fourth-order valence-electron chi connectivity index (χ4n) is 1.17. The van der Waals surface area contributed by atoms with Gasteiger partial charge < -0.3 is 14.9 Å². The van der Waals surface area contributed by atoms with Crippen molar-refractivity contribution >= 4 is 12.1 Å². The minimum atomic E-state index is -1.11. The molecule has 0 amide bonds. The van der Waals surface area contributed by atoms with Crippen molar-refractivity contribution in [3.05, 3.63) is 0 Å². The van der Waals surface area contributed by atoms with E-state index in [1.165, 1.54) is 0 Å². The molecule has 0 aliphatic rings. The van der Waals surface area contributed by atoms with E-state index in [0.29, 0.717) is 12.7 Å². The Labute approximate surface area is 95.4 Å². The summed E-state index contributed by atoms with van der Waals surface area (Å²) in [6.07, 6.45) is 1.26. The number of hydrogen-bond donors (Lipinski definition) is 2. The summed E-state index contributed by atoms with van der Waals surface area (Å²) in [7, 11) is 0. The standard InChI is InChI=1S/C11H20O5/c1-2-3-4-5-10(15)11(7-13)16-8-9(14)6-12/h7,9,11-12,14H,2-6,8H2,1H3. The number of rotatable bonds is 10. The third-order valence-corrected chi connectivity index (χ3v) is 2.15. The molecular weight excluding hydrogens is 212 g/mol. The molecule has 5 nitrogen and oxygen atoms in total. The first kappa shape index (κ1) is 15.2. The Balaban J connectivity index is 3.87. The minimum absolute atomic E-state index is 0.209. The van der Waals surface area contributed by atoms with Crippen molar-refractivity contribution in [2.75, 3.05) is 13.2 Å². The van der Waals surface area contributed by atoms with Gasteiger partial charge in [0.1, 0.15) is 6.10 Å². The van der Waals surface area contributed by atoms with E-state index >= 15 is 0 Å². The van der Waals surface area contributed by atoms with Gasteiger partial charge in [-0.15, -0.1) is 0 Å². The lowest BCUT2D eigenvalue weighted by molar-refractivity contribution is -0.139. The normalized spacial score (nSPS) is 14.4. The summed E-state index contributed by atoms with van der Waals surface area (Å²) in [4.78, 5) is 22.0. The molecule has 0 saturated carbocycles. The lowest BCUT2D eigenvalue weighted by atomic mass is 10.1. The minimum Gasteiger partial charge on any atom is -0.394 e. The highest BCUT2D eigenvalue weighted by Gasteiger charge is 2.18. The second-order valence-electron chi connectivity index (χ2n) is 3.65. The van der Waals surface area contributed by atoms with Crippen molar-refractivity contribution in [3.8, 4) is 0 Å². The SMILES string of the molecule is CCCCCC(=O)C(C=O)OCC(O)CO. The molecule has 0 aromatic heterocycles. The molecule has 2 unspecified atom stereocenters. The van der Waals surface area contributed by atoms with Gasteiger partial charge in [0.15, 0.2) is 18.2 Å². The monoisotopic (exact) mass is 232 g/mol. The van der Waals surface area contributed by atoms with Crippen LogP contribution in [0.4, 0.5) is 0 Å². The van der Waals surface area contributed by atoms with Crippen LogP contribution in [0.3, 0.4) is 0 Å². The number of carbonyl (C=O) groups is 2. The molecule has 2 N–H and O–H groups in total. The van der Waals surface area contributed by atoms with Crippen molar-refractivity contribution in [1.29, 1.82) is 0 Å². The average Bonchev–Trinajstić information content (AvgIpc) is 2.29. The van der Waals surface area contributed by atoms with Gasteiger partial charge in [-0.25, -0.2) is 0 Å². The largest absolute Gasteiger partial charge is 0.394 e. The Morgan fingerprint density at radius 1 is 1.44 bits per heavy atom. The maximum absolute atomic E-state index is 11.4. The van der Waals surface area contributed by atoms with Gasteiger partial charge in [0.2, 0.25) is 0 Å². The van der Waals surface area contributed by atoms with Crippen LogP contribution in [0.25, 0.3) is 0 Å². The highest BCUT2D eigenvalue weighted by Crippen LogP contribution is 2.04. The van der Waals surface area contributed by atoms with Gasteiger partial charge in [-0.3, -0.25) is 9.59 Å². The van der Waals surface area contributed by atoms with Crippen LogP contribution in [0.1, 0.15) is 32.6 Å². The van der Waals surface area contributed by atoms with Gasteiger partial charge in [0.25, 0.3) is 0 Å². The molecule has 16 heavy (non-hydrogen) atoms. The highest BCUT2D eigenvalue weighted by atomic mass is 16.5. The van der Waals surface area contributed by atoms with Crippen molar-refractivity contribution in [1.82, 2.24) is 0 Å². The van der Waals surface area contributed by atoms with Crippen molar-refractivity contribution < 1.29 is 24.5 Å². The van der Waals surface area contributed by atoms with Crippen molar-refractivity contribution in [3.63, 3.8) is 0 Å². The van der Waals surface area contributed by atoms with Gasteiger partial charge in [-0.2, -0.15) is 0 Å². The van der Waals surface area contributed by atoms with Gasteiger partial charge >= 0.3 is 0 Å². The second kappa shape index (κ2) is 9.45. The zero-order valence-corrected chi connectivity index (χ0v) is 9.59. The molecule has 0 aromatic carbocycles. The number of carbonyl (C=O) groups excluding carboxylic acids is 2. The highest BCUT2D eigenvalue weighted by molar-refractivity contribution is 5.96. The lowest BCUT2D eigenvalue weighted by Gasteiger charge is -2.13. The third kappa shape index (κ3) is 6.66. The third-order valence-electron chi connectivity index (χ3n) is 2.15. The average molecular weight is 232 g/mol. The number of hydrogen-bond acceptors (Lipinski definition) is 5. The summed E-state index contributed by atoms with van der Waals surface area (Å²) in [5.74, 6) is -0.270. The topological polar surface area (TPSA) is 83.8 Å². The molecule has 0 rings (SSSR count). The van der Waals surface area contributed by atoms with Crippen LogP contribution in [0, 0.1) is 0 Å². The first-order valence-corrected chi connectivity index (χ1v) is 5.54. The summed E-state index contributed by atoms with van der Waals surface area (Å²) in [6, 6.07) is 0. The fraction of sp³-hybridized carbons (Fsp3) is 0.818. The van der Waals surface area contributed by atoms with Crippen LogP contribution in [0.15, 0.2) is 0 Å². The molecule has 5 heteroatoms. The van der Waals surface area contributed by atoms with E-state index in [1.807, 2.05) is 6.92 Å². The van der Waals surface area contributed by atoms with Crippen molar-refractivity contribution in [2.45, 2.75) is 44.8 Å². The smallest absolute Gasteiger partial charge is 0.171 e. The molecule has 0 aliphatic heterocycles. The van der Waals surface area contributed by atoms with Crippen LogP contribution < -0.4 is 0 Å². The van der Waals surface area contributed by atoms with E-state index in [4.69, 9.17) is 14.9 Å². The molecule has 0 spiro atoms. The molecule has 0 saturated heterocycles. The van der Waals surface area contributed by atoms with Gasteiger partial charge in [-0.05, 0) is 6.42 Å². The maximum atomic E-state index is 11.4. The number of aliphatic hydroxyl groups is 2. The Bertz CT molecular complexity index is 205. The molecule has 0 heterocycles. The molecule has 0 bridgehead atoms. The number of aldehydes is 1.